The van der Waals surface area contributed by atoms with E-state index in [4.69, 9.17) is 5.41 Å². The largest absolute Gasteiger partial charge is 0.393 e. The molecule has 5 rings (SSSR count). The van der Waals surface area contributed by atoms with Gasteiger partial charge in [0, 0.05) is 47.7 Å². The Morgan fingerprint density at radius 3 is 2.45 bits per heavy atom. The summed E-state index contributed by atoms with van der Waals surface area (Å²) in [4.78, 5) is 17.9. The number of rotatable bonds is 8. The van der Waals surface area contributed by atoms with Crippen LogP contribution in [-0.4, -0.2) is 41.6 Å². The number of benzene rings is 2. The third-order valence-corrected chi connectivity index (χ3v) is 7.87. The Labute approximate surface area is 223 Å². The Bertz CT molecular complexity index is 1780. The van der Waals surface area contributed by atoms with Crippen molar-refractivity contribution < 1.29 is 8.42 Å². The first-order chi connectivity index (χ1) is 18.4. The Kier molecular flexibility index (Phi) is 6.95. The van der Waals surface area contributed by atoms with Crippen molar-refractivity contribution in [2.24, 2.45) is 0 Å². The van der Waals surface area contributed by atoms with Crippen molar-refractivity contribution in [2.75, 3.05) is 11.8 Å². The highest BCUT2D eigenvalue weighted by atomic mass is 32.2. The number of nitrogens with zero attached hydrogens (tertiary/aromatic N) is 4. The number of aryl methyl sites for hydroxylation is 1. The second-order valence-corrected chi connectivity index (χ2v) is 11.1. The number of anilines is 1. The van der Waals surface area contributed by atoms with Crippen molar-refractivity contribution >= 4 is 49.9 Å². The number of nitrogens with one attached hydrogen (secondary N) is 3. The summed E-state index contributed by atoms with van der Waals surface area (Å²) in [6, 6.07) is 13.9. The molecule has 38 heavy (non-hydrogen) atoms. The van der Waals surface area contributed by atoms with Gasteiger partial charge >= 0.3 is 0 Å². The first-order valence-corrected chi connectivity index (χ1v) is 13.9. The molecule has 0 unspecified atom stereocenters. The Morgan fingerprint density at radius 2 is 1.74 bits per heavy atom. The monoisotopic (exact) mass is 541 g/mol. The lowest BCUT2D eigenvalue weighted by Crippen LogP contribution is -2.13. The zero-order valence-corrected chi connectivity index (χ0v) is 22.1. The smallest absolute Gasteiger partial charge is 0.261 e. The van der Waals surface area contributed by atoms with Gasteiger partial charge < -0.3 is 10.7 Å². The number of allylic oxidation sites excluding steroid dienone is 1. The fraction of sp³-hybridized carbons (Fsp3) is 0.0741. The number of hydrogen-bond acceptors (Lipinski definition) is 9. The van der Waals surface area contributed by atoms with Crippen LogP contribution in [0.25, 0.3) is 39.0 Å². The van der Waals surface area contributed by atoms with E-state index in [9.17, 15) is 8.42 Å². The molecule has 0 amide bonds. The molecule has 0 aliphatic heterocycles. The van der Waals surface area contributed by atoms with Crippen molar-refractivity contribution in [1.29, 1.82) is 5.41 Å². The van der Waals surface area contributed by atoms with Crippen LogP contribution in [0.2, 0.25) is 0 Å². The van der Waals surface area contributed by atoms with Gasteiger partial charge in [-0.2, -0.15) is 0 Å². The maximum absolute atomic E-state index is 13.1. The lowest BCUT2D eigenvalue weighted by Gasteiger charge is -2.10. The van der Waals surface area contributed by atoms with Crippen molar-refractivity contribution in [1.82, 2.24) is 25.3 Å². The Balaban J connectivity index is 1.41. The van der Waals surface area contributed by atoms with Gasteiger partial charge in [-0.25, -0.2) is 18.4 Å². The molecule has 0 bridgehead atoms. The van der Waals surface area contributed by atoms with Crippen LogP contribution in [-0.2, 0) is 10.0 Å². The molecule has 11 heteroatoms. The summed E-state index contributed by atoms with van der Waals surface area (Å²) in [5.74, 6) is 0. The maximum atomic E-state index is 13.1. The van der Waals surface area contributed by atoms with E-state index in [0.717, 1.165) is 21.8 Å². The summed E-state index contributed by atoms with van der Waals surface area (Å²) in [5.41, 5.74) is 6.03. The van der Waals surface area contributed by atoms with Gasteiger partial charge in [-0.3, -0.25) is 14.7 Å². The predicted molar refractivity (Wildman–Crippen MR) is 152 cm³/mol. The van der Waals surface area contributed by atoms with Crippen LogP contribution in [0.3, 0.4) is 0 Å². The summed E-state index contributed by atoms with van der Waals surface area (Å²) in [5, 5.41) is 13.4. The minimum atomic E-state index is -3.83. The van der Waals surface area contributed by atoms with Gasteiger partial charge in [0.05, 0.1) is 50.4 Å². The first kappa shape index (κ1) is 25.2. The summed E-state index contributed by atoms with van der Waals surface area (Å²) in [6.45, 7) is 1.93. The Morgan fingerprint density at radius 1 is 0.947 bits per heavy atom. The van der Waals surface area contributed by atoms with E-state index in [2.05, 4.69) is 30.0 Å². The second kappa shape index (κ2) is 10.5. The van der Waals surface area contributed by atoms with Crippen LogP contribution >= 0.6 is 11.3 Å². The van der Waals surface area contributed by atoms with Crippen LogP contribution in [0.15, 0.2) is 83.6 Å². The normalized spacial score (nSPS) is 11.9. The van der Waals surface area contributed by atoms with Crippen LogP contribution in [0.5, 0.6) is 0 Å². The maximum Gasteiger partial charge on any atom is 0.261 e. The van der Waals surface area contributed by atoms with E-state index < -0.39 is 10.0 Å². The summed E-state index contributed by atoms with van der Waals surface area (Å²) < 4.78 is 28.7. The fourth-order valence-electron chi connectivity index (χ4n) is 3.84. The summed E-state index contributed by atoms with van der Waals surface area (Å²) in [6.07, 6.45) is 7.64. The van der Waals surface area contributed by atoms with Gasteiger partial charge in [0.15, 0.2) is 0 Å². The topological polar surface area (TPSA) is 134 Å². The molecule has 190 valence electrons. The van der Waals surface area contributed by atoms with Crippen molar-refractivity contribution in [2.45, 2.75) is 11.8 Å². The molecule has 3 heterocycles. The zero-order chi connectivity index (χ0) is 26.7. The standard InChI is InChI=1S/C27H23N7O2S2/c1-17-32-27(16-37-17)18-3-6-23(7-4-18)38(35,36)34-22-9-20(13-30-14-22)19-5-8-24-25(10-19)33-26(15-31-24)21(11-28)12-29-2/h3-16,28-29,34H,1-2H3/b21-12+,28-11?. The molecule has 9 nitrogen and oxygen atoms in total. The third-order valence-electron chi connectivity index (χ3n) is 5.70. The lowest BCUT2D eigenvalue weighted by molar-refractivity contribution is 0.601. The zero-order valence-electron chi connectivity index (χ0n) is 20.5. The minimum absolute atomic E-state index is 0.142. The average Bonchev–Trinajstić information content (AvgIpc) is 3.37. The van der Waals surface area contributed by atoms with E-state index in [1.807, 2.05) is 30.5 Å². The lowest BCUT2D eigenvalue weighted by atomic mass is 10.1. The van der Waals surface area contributed by atoms with Crippen molar-refractivity contribution in [3.05, 3.63) is 89.4 Å². The second-order valence-electron chi connectivity index (χ2n) is 8.34. The molecular weight excluding hydrogens is 518 g/mol. The van der Waals surface area contributed by atoms with E-state index >= 15 is 0 Å². The molecule has 0 aliphatic rings. The SMILES string of the molecule is CN/C=C(\C=N)c1cnc2ccc(-c3cncc(NS(=O)(=O)c4ccc(-c5csc(C)n5)cc4)c3)cc2n1. The highest BCUT2D eigenvalue weighted by Gasteiger charge is 2.16. The summed E-state index contributed by atoms with van der Waals surface area (Å²) >= 11 is 1.55. The number of hydrogen-bond donors (Lipinski definition) is 3. The third kappa shape index (κ3) is 5.29. The number of sulfonamides is 1. The van der Waals surface area contributed by atoms with Gasteiger partial charge in [-0.05, 0) is 42.8 Å². The van der Waals surface area contributed by atoms with Gasteiger partial charge in [-0.1, -0.05) is 18.2 Å². The molecule has 0 saturated heterocycles. The van der Waals surface area contributed by atoms with E-state index in [1.54, 1.807) is 67.3 Å². The molecule has 3 aromatic heterocycles. The molecule has 0 spiro atoms. The highest BCUT2D eigenvalue weighted by Crippen LogP contribution is 2.27. The van der Waals surface area contributed by atoms with Gasteiger partial charge in [0.25, 0.3) is 10.0 Å². The van der Waals surface area contributed by atoms with E-state index in [0.29, 0.717) is 33.6 Å². The molecular formula is C27H23N7O2S2. The first-order valence-electron chi connectivity index (χ1n) is 11.5. The number of aromatic nitrogens is 4. The Hall–Kier alpha value is -4.48. The molecule has 3 N–H and O–H groups in total. The number of pyridine rings is 1. The predicted octanol–water partition coefficient (Wildman–Crippen LogP) is 5.13. The molecule has 0 atom stereocenters. The van der Waals surface area contributed by atoms with Crippen LogP contribution < -0.4 is 10.0 Å². The van der Waals surface area contributed by atoms with Crippen LogP contribution in [0.1, 0.15) is 10.7 Å². The van der Waals surface area contributed by atoms with Crippen molar-refractivity contribution in [3.63, 3.8) is 0 Å². The fourth-order valence-corrected chi connectivity index (χ4v) is 5.50. The number of thiazole rings is 1. The average molecular weight is 542 g/mol. The van der Waals surface area contributed by atoms with Crippen LogP contribution in [0.4, 0.5) is 5.69 Å². The van der Waals surface area contributed by atoms with Gasteiger partial charge in [-0.15, -0.1) is 11.3 Å². The molecule has 0 saturated carbocycles. The van der Waals surface area contributed by atoms with Crippen molar-refractivity contribution in [3.8, 4) is 22.4 Å². The summed E-state index contributed by atoms with van der Waals surface area (Å²) in [7, 11) is -2.08. The van der Waals surface area contributed by atoms with E-state index in [1.165, 1.54) is 12.4 Å². The quantitative estimate of drug-likeness (QED) is 0.232. The molecule has 0 aliphatic carbocycles. The highest BCUT2D eigenvalue weighted by molar-refractivity contribution is 7.92. The minimum Gasteiger partial charge on any atom is -0.393 e. The van der Waals surface area contributed by atoms with Gasteiger partial charge in [0.2, 0.25) is 0 Å². The molecule has 0 fully saturated rings. The molecule has 0 radical (unpaired) electrons. The number of fused-ring (bicyclic) bond motifs is 1. The van der Waals surface area contributed by atoms with Crippen LogP contribution in [0, 0.1) is 12.3 Å². The van der Waals surface area contributed by atoms with Gasteiger partial charge in [0.1, 0.15) is 0 Å². The molecule has 5 aromatic rings. The molecule has 2 aromatic carbocycles. The van der Waals surface area contributed by atoms with E-state index in [-0.39, 0.29) is 4.90 Å².